The molecule has 196 valence electrons. The maximum atomic E-state index is 13.6. The fourth-order valence-corrected chi connectivity index (χ4v) is 4.52. The minimum Gasteiger partial charge on any atom is -0.489 e. The fourth-order valence-electron chi connectivity index (χ4n) is 4.52. The number of nitrogens with zero attached hydrogens (tertiary/aromatic N) is 3. The second kappa shape index (κ2) is 9.45. The number of primary amides is 1. The van der Waals surface area contributed by atoms with Crippen LogP contribution in [0.15, 0.2) is 60.8 Å². The molecule has 4 aromatic rings. The van der Waals surface area contributed by atoms with Crippen LogP contribution >= 0.6 is 0 Å². The number of rotatable bonds is 6. The van der Waals surface area contributed by atoms with Crippen LogP contribution in [-0.4, -0.2) is 40.0 Å². The molecule has 0 aliphatic carbocycles. The largest absolute Gasteiger partial charge is 0.489 e. The minimum absolute atomic E-state index is 0.0199. The Balaban J connectivity index is 1.50. The third-order valence-electron chi connectivity index (χ3n) is 6.97. The summed E-state index contributed by atoms with van der Waals surface area (Å²) in [5, 5.41) is 24.3. The van der Waals surface area contributed by atoms with Crippen molar-refractivity contribution < 1.29 is 23.8 Å². The van der Waals surface area contributed by atoms with Crippen LogP contribution in [0, 0.1) is 17.1 Å². The molecule has 0 saturated heterocycles. The van der Waals surface area contributed by atoms with Gasteiger partial charge in [-0.05, 0) is 62.4 Å². The lowest BCUT2D eigenvalue weighted by atomic mass is 9.82. The summed E-state index contributed by atoms with van der Waals surface area (Å²) < 4.78 is 19.4. The van der Waals surface area contributed by atoms with Gasteiger partial charge in [0.1, 0.15) is 41.0 Å². The number of fused-ring (bicyclic) bond motifs is 2. The fraction of sp³-hybridized carbons (Fsp3) is 0.207. The third-order valence-corrected chi connectivity index (χ3v) is 6.97. The molecule has 10 heteroatoms. The minimum atomic E-state index is -1.70. The summed E-state index contributed by atoms with van der Waals surface area (Å²) in [6.07, 6.45) is 1.57. The highest BCUT2D eigenvalue weighted by molar-refractivity contribution is 5.99. The lowest BCUT2D eigenvalue weighted by molar-refractivity contribution is -0.123. The van der Waals surface area contributed by atoms with Gasteiger partial charge in [-0.3, -0.25) is 14.6 Å². The average molecular weight is 526 g/mol. The molecule has 3 heterocycles. The molecule has 0 spiro atoms. The first-order valence-corrected chi connectivity index (χ1v) is 12.1. The zero-order valence-electron chi connectivity index (χ0n) is 21.2. The van der Waals surface area contributed by atoms with E-state index in [1.165, 1.54) is 37.3 Å². The van der Waals surface area contributed by atoms with Crippen LogP contribution in [-0.2, 0) is 15.8 Å². The summed E-state index contributed by atoms with van der Waals surface area (Å²) in [5.74, 6) is -1.24. The highest BCUT2D eigenvalue weighted by Crippen LogP contribution is 2.45. The number of aromatic nitrogens is 2. The van der Waals surface area contributed by atoms with Crippen LogP contribution in [0.25, 0.3) is 22.2 Å². The number of hydrogen-bond donors (Lipinski definition) is 3. The summed E-state index contributed by atoms with van der Waals surface area (Å²) in [6, 6.07) is 15.7. The number of benzene rings is 2. The van der Waals surface area contributed by atoms with E-state index < -0.39 is 28.6 Å². The summed E-state index contributed by atoms with van der Waals surface area (Å²) in [7, 11) is 0. The van der Waals surface area contributed by atoms with Crippen molar-refractivity contribution in [2.75, 3.05) is 13.2 Å². The van der Waals surface area contributed by atoms with Crippen molar-refractivity contribution in [1.82, 2.24) is 15.3 Å². The molecule has 2 aromatic heterocycles. The first-order valence-electron chi connectivity index (χ1n) is 12.1. The second-order valence-electron chi connectivity index (χ2n) is 9.89. The van der Waals surface area contributed by atoms with Crippen molar-refractivity contribution >= 4 is 22.7 Å². The molecule has 2 atom stereocenters. The summed E-state index contributed by atoms with van der Waals surface area (Å²) >= 11 is 0. The summed E-state index contributed by atoms with van der Waals surface area (Å²) in [6.45, 7) is 2.84. The molecule has 0 bridgehead atoms. The Bertz CT molecular complexity index is 1680. The molecular formula is C29H24FN5O4. The van der Waals surface area contributed by atoms with E-state index in [9.17, 15) is 24.3 Å². The second-order valence-corrected chi connectivity index (χ2v) is 9.89. The van der Waals surface area contributed by atoms with E-state index in [0.29, 0.717) is 33.5 Å². The summed E-state index contributed by atoms with van der Waals surface area (Å²) in [5.41, 5.74) is 5.19. The van der Waals surface area contributed by atoms with Crippen LogP contribution in [0.3, 0.4) is 0 Å². The molecule has 2 amide bonds. The number of halogens is 1. The van der Waals surface area contributed by atoms with Gasteiger partial charge >= 0.3 is 0 Å². The molecule has 9 nitrogen and oxygen atoms in total. The van der Waals surface area contributed by atoms with Crippen molar-refractivity contribution in [2.24, 2.45) is 5.73 Å². The molecule has 1 aliphatic rings. The third kappa shape index (κ3) is 4.53. The molecule has 2 aromatic carbocycles. The number of aliphatic hydroxyl groups is 1. The predicted octanol–water partition coefficient (Wildman–Crippen LogP) is 3.08. The normalized spacial score (nSPS) is 17.5. The number of nitriles is 1. The van der Waals surface area contributed by atoms with E-state index in [4.69, 9.17) is 10.5 Å². The molecule has 0 unspecified atom stereocenters. The van der Waals surface area contributed by atoms with E-state index in [0.717, 1.165) is 0 Å². The van der Waals surface area contributed by atoms with E-state index in [2.05, 4.69) is 21.4 Å². The van der Waals surface area contributed by atoms with Crippen LogP contribution in [0.2, 0.25) is 0 Å². The van der Waals surface area contributed by atoms with Gasteiger partial charge in [-0.2, -0.15) is 5.26 Å². The van der Waals surface area contributed by atoms with Gasteiger partial charge in [-0.15, -0.1) is 0 Å². The Hall–Kier alpha value is -4.88. The Morgan fingerprint density at radius 3 is 2.69 bits per heavy atom. The highest BCUT2D eigenvalue weighted by Gasteiger charge is 2.45. The lowest BCUT2D eigenvalue weighted by Gasteiger charge is -2.26. The standard InChI is InChI=1S/C29H24FN5O4/c1-28(27(32)37)15-39-25-21(28)12-22(35-24(25)16-5-7-20(30)8-6-16)29(2,38)14-34-26(36)18-10-17-4-3-9-33-23(17)19(11-18)13-31/h3-12,38H,14-15H2,1-2H3,(H2,32,37)(H,34,36)/t28-,29-/m0/s1. The highest BCUT2D eigenvalue weighted by atomic mass is 19.1. The van der Waals surface area contributed by atoms with E-state index in [1.54, 1.807) is 37.4 Å². The number of pyridine rings is 2. The maximum absolute atomic E-state index is 13.6. The Morgan fingerprint density at radius 2 is 2.00 bits per heavy atom. The van der Waals surface area contributed by atoms with Crippen molar-refractivity contribution in [3.63, 3.8) is 0 Å². The van der Waals surface area contributed by atoms with Gasteiger partial charge in [0.25, 0.3) is 5.91 Å². The first-order chi connectivity index (χ1) is 18.5. The van der Waals surface area contributed by atoms with Gasteiger partial charge in [-0.25, -0.2) is 9.37 Å². The molecule has 39 heavy (non-hydrogen) atoms. The van der Waals surface area contributed by atoms with Crippen molar-refractivity contribution in [3.8, 4) is 23.1 Å². The van der Waals surface area contributed by atoms with Gasteiger partial charge < -0.3 is 20.9 Å². The van der Waals surface area contributed by atoms with Gasteiger partial charge in [0, 0.05) is 28.3 Å². The van der Waals surface area contributed by atoms with Crippen molar-refractivity contribution in [2.45, 2.75) is 24.9 Å². The van der Waals surface area contributed by atoms with Gasteiger partial charge in [0.2, 0.25) is 5.91 Å². The summed E-state index contributed by atoms with van der Waals surface area (Å²) in [4.78, 5) is 34.2. The molecular weight excluding hydrogens is 501 g/mol. The Kier molecular flexibility index (Phi) is 6.24. The molecule has 0 fully saturated rings. The predicted molar refractivity (Wildman–Crippen MR) is 140 cm³/mol. The van der Waals surface area contributed by atoms with Gasteiger partial charge in [0.15, 0.2) is 0 Å². The zero-order chi connectivity index (χ0) is 27.9. The van der Waals surface area contributed by atoms with E-state index in [-0.39, 0.29) is 30.0 Å². The van der Waals surface area contributed by atoms with Crippen LogP contribution in [0.5, 0.6) is 5.75 Å². The number of nitrogens with two attached hydrogens (primary N) is 1. The zero-order valence-corrected chi connectivity index (χ0v) is 21.2. The number of amides is 2. The molecule has 5 rings (SSSR count). The van der Waals surface area contributed by atoms with Crippen LogP contribution < -0.4 is 15.8 Å². The molecule has 0 saturated carbocycles. The van der Waals surface area contributed by atoms with Gasteiger partial charge in [0.05, 0.1) is 23.3 Å². The monoisotopic (exact) mass is 525 g/mol. The maximum Gasteiger partial charge on any atom is 0.251 e. The van der Waals surface area contributed by atoms with Crippen LogP contribution in [0.1, 0.15) is 41.0 Å². The SMILES string of the molecule is C[C@](O)(CNC(=O)c1cc(C#N)c2ncccc2c1)c1cc2c(c(-c3ccc(F)cc3)n1)OC[C@]2(C)C(N)=O. The number of ether oxygens (including phenoxy) is 1. The first kappa shape index (κ1) is 25.8. The van der Waals surface area contributed by atoms with E-state index >= 15 is 0 Å². The molecule has 4 N–H and O–H groups in total. The number of nitrogens with one attached hydrogen (secondary N) is 1. The lowest BCUT2D eigenvalue weighted by Crippen LogP contribution is -2.41. The Morgan fingerprint density at radius 1 is 1.26 bits per heavy atom. The Labute approximate surface area is 223 Å². The topological polar surface area (TPSA) is 151 Å². The smallest absolute Gasteiger partial charge is 0.251 e. The number of carbonyl (C=O) groups excluding carboxylic acids is 2. The van der Waals surface area contributed by atoms with E-state index in [1.807, 2.05) is 0 Å². The van der Waals surface area contributed by atoms with Crippen LogP contribution in [0.4, 0.5) is 4.39 Å². The molecule has 0 radical (unpaired) electrons. The van der Waals surface area contributed by atoms with Crippen molar-refractivity contribution in [3.05, 3.63) is 89.0 Å². The number of carbonyl (C=O) groups is 2. The number of hydrogen-bond acceptors (Lipinski definition) is 7. The van der Waals surface area contributed by atoms with Gasteiger partial charge in [-0.1, -0.05) is 6.07 Å². The quantitative estimate of drug-likeness (QED) is 0.350. The average Bonchev–Trinajstić information content (AvgIpc) is 3.29. The van der Waals surface area contributed by atoms with Crippen molar-refractivity contribution in [1.29, 1.82) is 5.26 Å². The molecule has 1 aliphatic heterocycles.